The van der Waals surface area contributed by atoms with Crippen LogP contribution in [0.15, 0.2) is 43.0 Å². The van der Waals surface area contributed by atoms with Gasteiger partial charge in [-0.15, -0.1) is 0 Å². The number of nitrogens with one attached hydrogen (secondary N) is 1. The Hall–Kier alpha value is -2.88. The molecule has 2 aliphatic heterocycles. The summed E-state index contributed by atoms with van der Waals surface area (Å²) >= 11 is 0. The van der Waals surface area contributed by atoms with E-state index in [0.29, 0.717) is 29.2 Å². The van der Waals surface area contributed by atoms with Crippen molar-refractivity contribution in [3.63, 3.8) is 0 Å². The van der Waals surface area contributed by atoms with Crippen molar-refractivity contribution in [2.24, 2.45) is 5.73 Å². The molecule has 3 N–H and O–H groups in total. The number of hydrogen-bond donors (Lipinski definition) is 2. The molecule has 2 aromatic heterocycles. The van der Waals surface area contributed by atoms with Gasteiger partial charge in [0.05, 0.1) is 24.6 Å². The van der Waals surface area contributed by atoms with Crippen LogP contribution in [0.2, 0.25) is 0 Å². The molecule has 9 heteroatoms. The first-order valence-electron chi connectivity index (χ1n) is 9.72. The topological polar surface area (TPSA) is 117 Å². The fourth-order valence-corrected chi connectivity index (χ4v) is 4.25. The van der Waals surface area contributed by atoms with Crippen molar-refractivity contribution in [2.45, 2.75) is 43.7 Å². The molecule has 4 atom stereocenters. The number of hydrogen-bond acceptors (Lipinski definition) is 7. The third kappa shape index (κ3) is 2.81. The van der Waals surface area contributed by atoms with Crippen LogP contribution >= 0.6 is 0 Å². The Morgan fingerprint density at radius 1 is 1.31 bits per heavy atom. The van der Waals surface area contributed by atoms with E-state index < -0.39 is 11.8 Å². The predicted octanol–water partition coefficient (Wildman–Crippen LogP) is 1.87. The largest absolute Gasteiger partial charge is 0.372 e. The maximum Gasteiger partial charge on any atom is 0.256 e. The van der Waals surface area contributed by atoms with Gasteiger partial charge in [-0.2, -0.15) is 0 Å². The van der Waals surface area contributed by atoms with E-state index in [2.05, 4.69) is 27.2 Å². The average Bonchev–Trinajstić information content (AvgIpc) is 3.22. The minimum atomic E-state index is -0.426. The van der Waals surface area contributed by atoms with E-state index in [4.69, 9.17) is 15.2 Å². The van der Waals surface area contributed by atoms with Gasteiger partial charge in [0.1, 0.15) is 12.4 Å². The van der Waals surface area contributed by atoms with Gasteiger partial charge >= 0.3 is 0 Å². The number of nitrogens with two attached hydrogens (primary N) is 1. The zero-order chi connectivity index (χ0) is 20.0. The van der Waals surface area contributed by atoms with Crippen LogP contribution in [0.3, 0.4) is 0 Å². The number of benzene rings is 1. The van der Waals surface area contributed by atoms with Crippen LogP contribution in [0.1, 0.15) is 36.4 Å². The van der Waals surface area contributed by atoms with E-state index in [1.54, 1.807) is 18.5 Å². The summed E-state index contributed by atoms with van der Waals surface area (Å²) in [4.78, 5) is 25.6. The Bertz CT molecular complexity index is 1050. The summed E-state index contributed by atoms with van der Waals surface area (Å²) in [6, 6.07) is 8.73. The Morgan fingerprint density at radius 2 is 2.14 bits per heavy atom. The second kappa shape index (κ2) is 6.87. The van der Waals surface area contributed by atoms with Gasteiger partial charge in [0, 0.05) is 12.0 Å². The van der Waals surface area contributed by atoms with Gasteiger partial charge in [0.15, 0.2) is 23.2 Å². The molecule has 2 aliphatic rings. The van der Waals surface area contributed by atoms with Gasteiger partial charge in [-0.1, -0.05) is 25.1 Å². The van der Waals surface area contributed by atoms with E-state index >= 15 is 0 Å². The molecule has 0 aliphatic carbocycles. The predicted molar refractivity (Wildman–Crippen MR) is 105 cm³/mol. The summed E-state index contributed by atoms with van der Waals surface area (Å²) in [5, 5.41) is 2.82. The van der Waals surface area contributed by atoms with E-state index in [0.717, 1.165) is 12.8 Å². The second-order valence-corrected chi connectivity index (χ2v) is 7.40. The number of aromatic nitrogens is 4. The number of imidazole rings is 1. The Labute approximate surface area is 167 Å². The summed E-state index contributed by atoms with van der Waals surface area (Å²) in [6.07, 6.45) is 3.91. The first-order chi connectivity index (χ1) is 14.1. The molecular weight excluding hydrogens is 372 g/mol. The SMILES string of the molecule is CC[C@@]12CCO[C@@H]([C@H](n3cnc4c(NC(=O)c5ccccc5)ncnc43)O1)[C@@H]2N. The maximum atomic E-state index is 12.5. The van der Waals surface area contributed by atoms with E-state index in [9.17, 15) is 4.79 Å². The fraction of sp³-hybridized carbons (Fsp3) is 0.400. The van der Waals surface area contributed by atoms with Crippen LogP contribution in [-0.4, -0.2) is 49.8 Å². The van der Waals surface area contributed by atoms with E-state index in [1.165, 1.54) is 6.33 Å². The first-order valence-corrected chi connectivity index (χ1v) is 9.72. The molecule has 0 saturated carbocycles. The number of ether oxygens (including phenoxy) is 2. The second-order valence-electron chi connectivity index (χ2n) is 7.40. The summed E-state index contributed by atoms with van der Waals surface area (Å²) in [6.45, 7) is 2.69. The standard InChI is InChI=1S/C20H22N6O3/c1-2-20-8-9-28-14(15(20)21)19(29-20)26-11-24-13-16(22-10-23-17(13)26)25-18(27)12-6-4-3-5-7-12/h3-7,10-11,14-15,19H,2,8-9,21H2,1H3,(H,22,23,25,27)/t14-,15+,19-,20+/m1/s1. The zero-order valence-electron chi connectivity index (χ0n) is 16.0. The summed E-state index contributed by atoms with van der Waals surface area (Å²) < 4.78 is 14.2. The van der Waals surface area contributed by atoms with Crippen molar-refractivity contribution in [1.29, 1.82) is 0 Å². The number of rotatable bonds is 4. The number of anilines is 1. The van der Waals surface area contributed by atoms with Crippen molar-refractivity contribution in [3.8, 4) is 0 Å². The Kier molecular flexibility index (Phi) is 4.30. The van der Waals surface area contributed by atoms with Gasteiger partial charge in [0.25, 0.3) is 5.91 Å². The molecule has 0 spiro atoms. The van der Waals surface area contributed by atoms with Crippen LogP contribution in [0.4, 0.5) is 5.82 Å². The number of nitrogens with zero attached hydrogens (tertiary/aromatic N) is 4. The van der Waals surface area contributed by atoms with Gasteiger partial charge in [-0.25, -0.2) is 15.0 Å². The highest BCUT2D eigenvalue weighted by Gasteiger charge is 2.56. The average molecular weight is 394 g/mol. The highest BCUT2D eigenvalue weighted by atomic mass is 16.6. The molecule has 0 radical (unpaired) electrons. The molecule has 1 amide bonds. The Balaban J connectivity index is 1.49. The van der Waals surface area contributed by atoms with Crippen LogP contribution in [0.5, 0.6) is 0 Å². The highest BCUT2D eigenvalue weighted by Crippen LogP contribution is 2.45. The summed E-state index contributed by atoms with van der Waals surface area (Å²) in [5.41, 5.74) is 7.64. The third-order valence-electron chi connectivity index (χ3n) is 5.93. The normalized spacial score (nSPS) is 28.6. The monoisotopic (exact) mass is 394 g/mol. The molecule has 5 rings (SSSR count). The number of fused-ring (bicyclic) bond motifs is 3. The van der Waals surface area contributed by atoms with Crippen molar-refractivity contribution in [3.05, 3.63) is 48.5 Å². The lowest BCUT2D eigenvalue weighted by Crippen LogP contribution is -2.53. The van der Waals surface area contributed by atoms with Crippen molar-refractivity contribution < 1.29 is 14.3 Å². The van der Waals surface area contributed by atoms with E-state index in [-0.39, 0.29) is 18.1 Å². The van der Waals surface area contributed by atoms with Gasteiger partial charge in [0.2, 0.25) is 0 Å². The maximum absolute atomic E-state index is 12.5. The number of carbonyl (C=O) groups excluding carboxylic acids is 1. The smallest absolute Gasteiger partial charge is 0.256 e. The summed E-state index contributed by atoms with van der Waals surface area (Å²) in [7, 11) is 0. The molecule has 2 fully saturated rings. The molecule has 9 nitrogen and oxygen atoms in total. The van der Waals surface area contributed by atoms with Crippen LogP contribution in [-0.2, 0) is 9.47 Å². The van der Waals surface area contributed by atoms with Crippen LogP contribution in [0.25, 0.3) is 11.2 Å². The summed E-state index contributed by atoms with van der Waals surface area (Å²) in [5.74, 6) is 0.0856. The fourth-order valence-electron chi connectivity index (χ4n) is 4.25. The molecule has 150 valence electrons. The van der Waals surface area contributed by atoms with Crippen molar-refractivity contribution in [1.82, 2.24) is 19.5 Å². The van der Waals surface area contributed by atoms with Crippen molar-refractivity contribution >= 4 is 22.9 Å². The number of carbonyl (C=O) groups is 1. The van der Waals surface area contributed by atoms with Gasteiger partial charge in [-0.05, 0) is 18.6 Å². The quantitative estimate of drug-likeness (QED) is 0.694. The van der Waals surface area contributed by atoms with E-state index in [1.807, 2.05) is 22.8 Å². The van der Waals surface area contributed by atoms with Crippen molar-refractivity contribution in [2.75, 3.05) is 11.9 Å². The molecule has 2 bridgehead atoms. The minimum Gasteiger partial charge on any atom is -0.372 e. The third-order valence-corrected chi connectivity index (χ3v) is 5.93. The lowest BCUT2D eigenvalue weighted by Gasteiger charge is -2.35. The molecule has 2 saturated heterocycles. The lowest BCUT2D eigenvalue weighted by molar-refractivity contribution is -0.0760. The molecule has 3 aromatic rings. The highest BCUT2D eigenvalue weighted by molar-refractivity contribution is 6.06. The molecule has 29 heavy (non-hydrogen) atoms. The van der Waals surface area contributed by atoms with Gasteiger partial charge < -0.3 is 20.5 Å². The first kappa shape index (κ1) is 18.2. The molecule has 0 unspecified atom stereocenters. The van der Waals surface area contributed by atoms with Gasteiger partial charge in [-0.3, -0.25) is 9.36 Å². The zero-order valence-corrected chi connectivity index (χ0v) is 16.0. The molecular formula is C20H22N6O3. The van der Waals surface area contributed by atoms with Crippen LogP contribution in [0, 0.1) is 0 Å². The number of amides is 1. The Morgan fingerprint density at radius 3 is 2.90 bits per heavy atom. The lowest BCUT2D eigenvalue weighted by atomic mass is 9.86. The minimum absolute atomic E-state index is 0.220. The molecule has 1 aromatic carbocycles. The van der Waals surface area contributed by atoms with Crippen LogP contribution < -0.4 is 11.1 Å². The molecule has 4 heterocycles.